The van der Waals surface area contributed by atoms with Crippen LogP contribution in [0.4, 0.5) is 5.82 Å². The van der Waals surface area contributed by atoms with Crippen LogP contribution >= 0.6 is 0 Å². The smallest absolute Gasteiger partial charge is 0.237 e. The maximum atomic E-state index is 12.8. The number of piperidine rings is 1. The summed E-state index contributed by atoms with van der Waals surface area (Å²) in [7, 11) is 0. The van der Waals surface area contributed by atoms with Crippen molar-refractivity contribution < 1.29 is 9.53 Å². The average molecular weight is 435 g/mol. The molecule has 0 spiro atoms. The zero-order valence-electron chi connectivity index (χ0n) is 18.9. The molecule has 1 fully saturated rings. The number of anilines is 1. The summed E-state index contributed by atoms with van der Waals surface area (Å²) in [5.74, 6) is 2.15. The fraction of sp³-hybridized carbons (Fsp3) is 0.417. The Bertz CT molecular complexity index is 1040. The fourth-order valence-electron chi connectivity index (χ4n) is 4.04. The number of nitrogens with one attached hydrogen (secondary N) is 1. The molecule has 8 nitrogen and oxygen atoms in total. The summed E-state index contributed by atoms with van der Waals surface area (Å²) >= 11 is 0. The van der Waals surface area contributed by atoms with E-state index in [9.17, 15) is 4.79 Å². The van der Waals surface area contributed by atoms with Gasteiger partial charge in [0, 0.05) is 43.2 Å². The van der Waals surface area contributed by atoms with Crippen molar-refractivity contribution in [3.8, 4) is 11.7 Å². The number of imidazole rings is 1. The second-order valence-corrected chi connectivity index (χ2v) is 8.33. The number of carbonyl (C=O) groups is 1. The highest BCUT2D eigenvalue weighted by Gasteiger charge is 2.27. The van der Waals surface area contributed by atoms with Crippen molar-refractivity contribution in [1.29, 1.82) is 0 Å². The van der Waals surface area contributed by atoms with Gasteiger partial charge in [-0.2, -0.15) is 4.98 Å². The largest absolute Gasteiger partial charge is 0.471 e. The maximum Gasteiger partial charge on any atom is 0.237 e. The Kier molecular flexibility index (Phi) is 6.68. The van der Waals surface area contributed by atoms with Crippen LogP contribution in [0.1, 0.15) is 43.9 Å². The first kappa shape index (κ1) is 21.8. The van der Waals surface area contributed by atoms with Crippen molar-refractivity contribution in [3.05, 3.63) is 60.3 Å². The first-order valence-electron chi connectivity index (χ1n) is 11.1. The van der Waals surface area contributed by atoms with Gasteiger partial charge < -0.3 is 15.0 Å². The van der Waals surface area contributed by atoms with Crippen molar-refractivity contribution in [1.82, 2.24) is 24.8 Å². The summed E-state index contributed by atoms with van der Waals surface area (Å²) < 4.78 is 7.64. The monoisotopic (exact) mass is 434 g/mol. The molecule has 0 radical (unpaired) electrons. The molecule has 2 unspecified atom stereocenters. The highest BCUT2D eigenvalue weighted by atomic mass is 16.5. The van der Waals surface area contributed by atoms with Crippen molar-refractivity contribution in [2.24, 2.45) is 0 Å². The predicted octanol–water partition coefficient (Wildman–Crippen LogP) is 3.57. The van der Waals surface area contributed by atoms with Crippen LogP contribution in [0.3, 0.4) is 0 Å². The van der Waals surface area contributed by atoms with Gasteiger partial charge in [-0.1, -0.05) is 17.7 Å². The van der Waals surface area contributed by atoms with Gasteiger partial charge in [-0.15, -0.1) is 0 Å². The van der Waals surface area contributed by atoms with Crippen LogP contribution in [0.2, 0.25) is 0 Å². The zero-order valence-corrected chi connectivity index (χ0v) is 18.9. The van der Waals surface area contributed by atoms with Crippen LogP contribution in [-0.4, -0.2) is 44.2 Å². The van der Waals surface area contributed by atoms with Crippen molar-refractivity contribution in [2.75, 3.05) is 11.4 Å². The molecule has 1 aromatic carbocycles. The van der Waals surface area contributed by atoms with Crippen LogP contribution < -0.4 is 15.0 Å². The molecule has 168 valence electrons. The summed E-state index contributed by atoms with van der Waals surface area (Å²) in [5, 5.41) is 2.97. The van der Waals surface area contributed by atoms with E-state index in [1.807, 2.05) is 57.3 Å². The Morgan fingerprint density at radius 2 is 2.03 bits per heavy atom. The molecular weight excluding hydrogens is 404 g/mol. The molecule has 2 aromatic heterocycles. The van der Waals surface area contributed by atoms with E-state index in [2.05, 4.69) is 20.2 Å². The molecule has 2 atom stereocenters. The van der Waals surface area contributed by atoms with Crippen LogP contribution in [0.5, 0.6) is 5.75 Å². The molecule has 0 saturated carbocycles. The summed E-state index contributed by atoms with van der Waals surface area (Å²) in [6.07, 6.45) is 8.34. The lowest BCUT2D eigenvalue weighted by Gasteiger charge is -2.36. The van der Waals surface area contributed by atoms with Crippen LogP contribution in [0, 0.1) is 13.8 Å². The quantitative estimate of drug-likeness (QED) is 0.572. The minimum atomic E-state index is -0.406. The van der Waals surface area contributed by atoms with E-state index in [1.54, 1.807) is 17.1 Å². The first-order valence-corrected chi connectivity index (χ1v) is 11.1. The molecule has 1 N–H and O–H groups in total. The van der Waals surface area contributed by atoms with E-state index in [1.165, 1.54) is 5.56 Å². The number of rotatable bonds is 7. The number of nitrogens with zero attached hydrogens (tertiary/aromatic N) is 5. The Labute approximate surface area is 188 Å². The molecule has 3 heterocycles. The van der Waals surface area contributed by atoms with Gasteiger partial charge in [0.05, 0.1) is 0 Å². The summed E-state index contributed by atoms with van der Waals surface area (Å²) in [6.45, 7) is 6.71. The maximum absolute atomic E-state index is 12.8. The van der Waals surface area contributed by atoms with Gasteiger partial charge in [0.2, 0.25) is 11.9 Å². The van der Waals surface area contributed by atoms with Gasteiger partial charge in [-0.3, -0.25) is 9.36 Å². The SMILES string of the molecule is Cc1ccc(OC(C)NC(=O)CC2CCCCN2c2cc(C)nc(-n3ccnc3)n2)cc1. The third-order valence-electron chi connectivity index (χ3n) is 5.60. The Balaban J connectivity index is 1.42. The molecule has 3 aromatic rings. The lowest BCUT2D eigenvalue weighted by molar-refractivity contribution is -0.123. The second-order valence-electron chi connectivity index (χ2n) is 8.33. The van der Waals surface area contributed by atoms with Gasteiger partial charge >= 0.3 is 0 Å². The topological polar surface area (TPSA) is 85.2 Å². The van der Waals surface area contributed by atoms with E-state index in [0.717, 1.165) is 43.1 Å². The molecular formula is C24H30N6O2. The van der Waals surface area contributed by atoms with Crippen molar-refractivity contribution in [2.45, 2.75) is 58.7 Å². The molecule has 1 aliphatic rings. The number of aryl methyl sites for hydroxylation is 2. The molecule has 0 bridgehead atoms. The van der Waals surface area contributed by atoms with Crippen LogP contribution in [-0.2, 0) is 4.79 Å². The van der Waals surface area contributed by atoms with E-state index in [4.69, 9.17) is 9.72 Å². The lowest BCUT2D eigenvalue weighted by atomic mass is 9.99. The zero-order chi connectivity index (χ0) is 22.5. The first-order chi connectivity index (χ1) is 15.5. The predicted molar refractivity (Wildman–Crippen MR) is 123 cm³/mol. The van der Waals surface area contributed by atoms with E-state index >= 15 is 0 Å². The van der Waals surface area contributed by atoms with Crippen molar-refractivity contribution in [3.63, 3.8) is 0 Å². The van der Waals surface area contributed by atoms with E-state index in [0.29, 0.717) is 12.4 Å². The van der Waals surface area contributed by atoms with Gasteiger partial charge in [0.25, 0.3) is 0 Å². The third kappa shape index (κ3) is 5.43. The Hall–Kier alpha value is -3.42. The number of ether oxygens (including phenoxy) is 1. The number of benzene rings is 1. The molecule has 1 aliphatic heterocycles. The summed E-state index contributed by atoms with van der Waals surface area (Å²) in [5.41, 5.74) is 2.05. The standard InChI is InChI=1S/C24H30N6O2/c1-17-7-9-21(10-8-17)32-19(3)27-23(31)15-20-6-4-5-12-30(20)22-14-18(2)26-24(28-22)29-13-11-25-16-29/h7-11,13-14,16,19-20H,4-6,12,15H2,1-3H3,(H,27,31). The third-order valence-corrected chi connectivity index (χ3v) is 5.60. The number of aromatic nitrogens is 4. The molecule has 4 rings (SSSR count). The molecule has 8 heteroatoms. The number of amides is 1. The van der Waals surface area contributed by atoms with Crippen LogP contribution in [0.25, 0.3) is 5.95 Å². The van der Waals surface area contributed by atoms with Gasteiger partial charge in [-0.05, 0) is 52.2 Å². The summed E-state index contributed by atoms with van der Waals surface area (Å²) in [6, 6.07) is 9.88. The minimum absolute atomic E-state index is 0.0258. The second kappa shape index (κ2) is 9.80. The van der Waals surface area contributed by atoms with Crippen LogP contribution in [0.15, 0.2) is 49.1 Å². The Morgan fingerprint density at radius 3 is 2.78 bits per heavy atom. The molecule has 32 heavy (non-hydrogen) atoms. The number of hydrogen-bond donors (Lipinski definition) is 1. The van der Waals surface area contributed by atoms with Crippen molar-refractivity contribution >= 4 is 11.7 Å². The average Bonchev–Trinajstić information content (AvgIpc) is 3.30. The van der Waals surface area contributed by atoms with Gasteiger partial charge in [0.1, 0.15) is 17.9 Å². The highest BCUT2D eigenvalue weighted by molar-refractivity contribution is 5.77. The normalized spacial score (nSPS) is 17.1. The summed E-state index contributed by atoms with van der Waals surface area (Å²) in [4.78, 5) is 28.4. The minimum Gasteiger partial charge on any atom is -0.471 e. The number of hydrogen-bond acceptors (Lipinski definition) is 6. The Morgan fingerprint density at radius 1 is 1.22 bits per heavy atom. The van der Waals surface area contributed by atoms with E-state index in [-0.39, 0.29) is 11.9 Å². The molecule has 0 aliphatic carbocycles. The lowest BCUT2D eigenvalue weighted by Crippen LogP contribution is -2.45. The fourth-order valence-corrected chi connectivity index (χ4v) is 4.04. The molecule has 1 amide bonds. The number of carbonyl (C=O) groups excluding carboxylic acids is 1. The van der Waals surface area contributed by atoms with Gasteiger partial charge in [-0.25, -0.2) is 9.97 Å². The molecule has 1 saturated heterocycles. The highest BCUT2D eigenvalue weighted by Crippen LogP contribution is 2.26. The van der Waals surface area contributed by atoms with E-state index < -0.39 is 6.23 Å². The van der Waals surface area contributed by atoms with Gasteiger partial charge in [0.15, 0.2) is 6.23 Å².